The van der Waals surface area contributed by atoms with E-state index >= 15 is 0 Å². The van der Waals surface area contributed by atoms with Gasteiger partial charge in [-0.15, -0.1) is 0 Å². The van der Waals surface area contributed by atoms with Crippen LogP contribution in [0.3, 0.4) is 0 Å². The average molecular weight is 340 g/mol. The van der Waals surface area contributed by atoms with Gasteiger partial charge in [0.2, 0.25) is 5.91 Å². The molecular weight excluding hydrogens is 316 g/mol. The number of carbonyl (C=O) groups is 2. The predicted octanol–water partition coefficient (Wildman–Crippen LogP) is 3.96. The smallest absolute Gasteiger partial charge is 0.255 e. The number of hydrogen-bond acceptors (Lipinski definition) is 3. The van der Waals surface area contributed by atoms with Gasteiger partial charge in [-0.2, -0.15) is 0 Å². The van der Waals surface area contributed by atoms with Gasteiger partial charge in [-0.1, -0.05) is 26.0 Å². The summed E-state index contributed by atoms with van der Waals surface area (Å²) in [6.07, 6.45) is 0. The lowest BCUT2D eigenvalue weighted by Crippen LogP contribution is -2.23. The van der Waals surface area contributed by atoms with E-state index in [-0.39, 0.29) is 11.8 Å². The van der Waals surface area contributed by atoms with Crippen molar-refractivity contribution in [2.75, 3.05) is 23.9 Å². The number of benzene rings is 2. The minimum absolute atomic E-state index is 0.0709. The van der Waals surface area contributed by atoms with Crippen molar-refractivity contribution in [3.05, 3.63) is 54.1 Å². The third-order valence-corrected chi connectivity index (χ3v) is 3.64. The summed E-state index contributed by atoms with van der Waals surface area (Å²) in [4.78, 5) is 25.5. The van der Waals surface area contributed by atoms with Gasteiger partial charge in [0.1, 0.15) is 5.75 Å². The molecule has 0 aromatic heterocycles. The minimum Gasteiger partial charge on any atom is -0.493 e. The third-order valence-electron chi connectivity index (χ3n) is 3.64. The molecule has 0 aliphatic rings. The van der Waals surface area contributed by atoms with Crippen LogP contribution in [-0.2, 0) is 4.79 Å². The summed E-state index contributed by atoms with van der Waals surface area (Å²) < 4.78 is 5.66. The summed E-state index contributed by atoms with van der Waals surface area (Å²) in [5.41, 5.74) is 1.87. The normalized spacial score (nSPS) is 10.4. The maximum atomic E-state index is 12.5. The molecule has 0 saturated heterocycles. The Labute approximate surface area is 148 Å². The third kappa shape index (κ3) is 5.35. The van der Waals surface area contributed by atoms with Crippen molar-refractivity contribution in [3.63, 3.8) is 0 Å². The van der Waals surface area contributed by atoms with E-state index in [1.165, 1.54) is 11.8 Å². The van der Waals surface area contributed by atoms with Gasteiger partial charge < -0.3 is 15.0 Å². The number of nitrogens with zero attached hydrogens (tertiary/aromatic N) is 1. The van der Waals surface area contributed by atoms with Gasteiger partial charge in [0.15, 0.2) is 0 Å². The van der Waals surface area contributed by atoms with Crippen molar-refractivity contribution < 1.29 is 14.3 Å². The second-order valence-corrected chi connectivity index (χ2v) is 6.32. The van der Waals surface area contributed by atoms with E-state index in [4.69, 9.17) is 4.74 Å². The first kappa shape index (κ1) is 18.5. The van der Waals surface area contributed by atoms with Crippen LogP contribution in [0.4, 0.5) is 11.4 Å². The second kappa shape index (κ2) is 8.33. The SMILES string of the molecule is CC(=O)N(C)c1cccc(NC(=O)c2cccc(OCC(C)C)c2)c1. The zero-order chi connectivity index (χ0) is 18.4. The van der Waals surface area contributed by atoms with Gasteiger partial charge in [-0.3, -0.25) is 9.59 Å². The highest BCUT2D eigenvalue weighted by Gasteiger charge is 2.10. The van der Waals surface area contributed by atoms with E-state index in [1.54, 1.807) is 43.4 Å². The number of rotatable bonds is 6. The first-order valence-electron chi connectivity index (χ1n) is 8.25. The number of ether oxygens (including phenoxy) is 1. The lowest BCUT2D eigenvalue weighted by atomic mass is 10.2. The van der Waals surface area contributed by atoms with Crippen molar-refractivity contribution in [2.24, 2.45) is 5.92 Å². The van der Waals surface area contributed by atoms with E-state index in [0.717, 1.165) is 5.69 Å². The first-order valence-corrected chi connectivity index (χ1v) is 8.25. The highest BCUT2D eigenvalue weighted by molar-refractivity contribution is 6.05. The topological polar surface area (TPSA) is 58.6 Å². The fourth-order valence-corrected chi connectivity index (χ4v) is 2.17. The quantitative estimate of drug-likeness (QED) is 0.866. The molecule has 2 aromatic rings. The molecule has 132 valence electrons. The Morgan fingerprint density at radius 1 is 1.12 bits per heavy atom. The summed E-state index contributed by atoms with van der Waals surface area (Å²) in [6.45, 7) is 6.24. The lowest BCUT2D eigenvalue weighted by Gasteiger charge is -2.16. The molecule has 2 amide bonds. The average Bonchev–Trinajstić information content (AvgIpc) is 2.59. The summed E-state index contributed by atoms with van der Waals surface area (Å²) in [5, 5.41) is 2.85. The molecule has 2 rings (SSSR count). The maximum Gasteiger partial charge on any atom is 0.255 e. The molecule has 0 atom stereocenters. The molecule has 0 aliphatic heterocycles. The van der Waals surface area contributed by atoms with Crippen LogP contribution in [0, 0.1) is 5.92 Å². The summed E-state index contributed by atoms with van der Waals surface area (Å²) in [7, 11) is 1.69. The predicted molar refractivity (Wildman–Crippen MR) is 100 cm³/mol. The van der Waals surface area contributed by atoms with E-state index in [1.807, 2.05) is 12.1 Å². The van der Waals surface area contributed by atoms with Crippen molar-refractivity contribution in [3.8, 4) is 5.75 Å². The molecule has 5 nitrogen and oxygen atoms in total. The number of nitrogens with one attached hydrogen (secondary N) is 1. The van der Waals surface area contributed by atoms with Crippen LogP contribution in [0.25, 0.3) is 0 Å². The van der Waals surface area contributed by atoms with Gasteiger partial charge in [-0.05, 0) is 42.3 Å². The molecular formula is C20H24N2O3. The Kier molecular flexibility index (Phi) is 6.17. The van der Waals surface area contributed by atoms with Gasteiger partial charge in [-0.25, -0.2) is 0 Å². The van der Waals surface area contributed by atoms with Crippen LogP contribution in [0.15, 0.2) is 48.5 Å². The molecule has 1 N–H and O–H groups in total. The highest BCUT2D eigenvalue weighted by Crippen LogP contribution is 2.20. The van der Waals surface area contributed by atoms with Crippen LogP contribution < -0.4 is 15.0 Å². The minimum atomic E-state index is -0.224. The summed E-state index contributed by atoms with van der Waals surface area (Å²) in [6, 6.07) is 14.3. The van der Waals surface area contributed by atoms with Gasteiger partial charge in [0.05, 0.1) is 6.61 Å². The molecule has 0 aliphatic carbocycles. The number of hydrogen-bond donors (Lipinski definition) is 1. The standard InChI is InChI=1S/C20H24N2O3/c1-14(2)13-25-19-10-5-7-16(11-19)20(24)21-17-8-6-9-18(12-17)22(4)15(3)23/h5-12,14H,13H2,1-4H3,(H,21,24). The fourth-order valence-electron chi connectivity index (χ4n) is 2.17. The fraction of sp³-hybridized carbons (Fsp3) is 0.300. The summed E-state index contributed by atoms with van der Waals surface area (Å²) >= 11 is 0. The monoisotopic (exact) mass is 340 g/mol. The molecule has 0 bridgehead atoms. The van der Waals surface area contributed by atoms with Crippen molar-refractivity contribution >= 4 is 23.2 Å². The molecule has 0 unspecified atom stereocenters. The van der Waals surface area contributed by atoms with Crippen LogP contribution in [-0.4, -0.2) is 25.5 Å². The van der Waals surface area contributed by atoms with E-state index < -0.39 is 0 Å². The number of carbonyl (C=O) groups excluding carboxylic acids is 2. The van der Waals surface area contributed by atoms with Gasteiger partial charge in [0, 0.05) is 30.9 Å². The van der Waals surface area contributed by atoms with Crippen LogP contribution in [0.2, 0.25) is 0 Å². The first-order chi connectivity index (χ1) is 11.9. The van der Waals surface area contributed by atoms with Gasteiger partial charge in [0.25, 0.3) is 5.91 Å². The number of anilines is 2. The molecule has 0 spiro atoms. The van der Waals surface area contributed by atoms with Crippen LogP contribution in [0.1, 0.15) is 31.1 Å². The van der Waals surface area contributed by atoms with E-state index in [9.17, 15) is 9.59 Å². The molecule has 2 aromatic carbocycles. The Morgan fingerprint density at radius 3 is 2.52 bits per heavy atom. The van der Waals surface area contributed by atoms with Crippen LogP contribution >= 0.6 is 0 Å². The lowest BCUT2D eigenvalue weighted by molar-refractivity contribution is -0.116. The van der Waals surface area contributed by atoms with Crippen molar-refractivity contribution in [1.29, 1.82) is 0 Å². The second-order valence-electron chi connectivity index (χ2n) is 6.32. The zero-order valence-electron chi connectivity index (χ0n) is 15.1. The molecule has 0 fully saturated rings. The Balaban J connectivity index is 2.10. The Hall–Kier alpha value is -2.82. The largest absolute Gasteiger partial charge is 0.493 e. The van der Waals surface area contributed by atoms with Crippen molar-refractivity contribution in [2.45, 2.75) is 20.8 Å². The van der Waals surface area contributed by atoms with E-state index in [2.05, 4.69) is 19.2 Å². The molecule has 0 saturated carbocycles. The Morgan fingerprint density at radius 2 is 1.84 bits per heavy atom. The zero-order valence-corrected chi connectivity index (χ0v) is 15.1. The number of amides is 2. The highest BCUT2D eigenvalue weighted by atomic mass is 16.5. The van der Waals surface area contributed by atoms with E-state index in [0.29, 0.717) is 29.5 Å². The Bertz CT molecular complexity index is 756. The molecule has 0 radical (unpaired) electrons. The molecule has 5 heteroatoms. The van der Waals surface area contributed by atoms with Crippen molar-refractivity contribution in [1.82, 2.24) is 0 Å². The maximum absolute atomic E-state index is 12.5. The molecule has 0 heterocycles. The van der Waals surface area contributed by atoms with Crippen LogP contribution in [0.5, 0.6) is 5.75 Å². The molecule has 25 heavy (non-hydrogen) atoms. The summed E-state index contributed by atoms with van der Waals surface area (Å²) in [5.74, 6) is 0.793. The van der Waals surface area contributed by atoms with Gasteiger partial charge >= 0.3 is 0 Å².